The maximum Gasteiger partial charge on any atom is 0.232 e. The normalized spacial score (nSPS) is 12.0. The Morgan fingerprint density at radius 2 is 2.09 bits per heavy atom. The van der Waals surface area contributed by atoms with E-state index in [-0.39, 0.29) is 5.41 Å². The summed E-state index contributed by atoms with van der Waals surface area (Å²) in [6, 6.07) is 0. The van der Waals surface area contributed by atoms with Gasteiger partial charge in [-0.15, -0.1) is 0 Å². The summed E-state index contributed by atoms with van der Waals surface area (Å²) in [5.74, 6) is 1.49. The van der Waals surface area contributed by atoms with Crippen molar-refractivity contribution in [2.45, 2.75) is 30.6 Å². The molecule has 4 heteroatoms. The number of aromatic nitrogens is 2. The van der Waals surface area contributed by atoms with E-state index in [9.17, 15) is 0 Å². The Labute approximate surface area is 79.7 Å². The lowest BCUT2D eigenvalue weighted by Crippen LogP contribution is -2.11. The highest BCUT2D eigenvalue weighted by Gasteiger charge is 2.21. The van der Waals surface area contributed by atoms with E-state index in [1.807, 2.05) is 0 Å². The molecule has 3 nitrogen and oxygen atoms in total. The molecule has 0 N–H and O–H groups in total. The smallest absolute Gasteiger partial charge is 0.232 e. The minimum atomic E-state index is -0.0307. The van der Waals surface area contributed by atoms with Gasteiger partial charge in [-0.3, -0.25) is 0 Å². The van der Waals surface area contributed by atoms with Crippen LogP contribution in [0.1, 0.15) is 32.5 Å². The monoisotopic (exact) mass is 266 g/mol. The molecule has 1 rings (SSSR count). The van der Waals surface area contributed by atoms with Crippen molar-refractivity contribution < 1.29 is 4.52 Å². The van der Waals surface area contributed by atoms with Crippen molar-refractivity contribution in [2.24, 2.45) is 0 Å². The second-order valence-electron chi connectivity index (χ2n) is 3.40. The van der Waals surface area contributed by atoms with Crippen molar-refractivity contribution in [3.8, 4) is 0 Å². The van der Waals surface area contributed by atoms with Crippen molar-refractivity contribution >= 4 is 22.6 Å². The average Bonchev–Trinajstić information content (AvgIpc) is 2.32. The minimum absolute atomic E-state index is 0.0307. The lowest BCUT2D eigenvalue weighted by atomic mass is 9.97. The predicted octanol–water partition coefficient (Wildman–Crippen LogP) is 2.30. The lowest BCUT2D eigenvalue weighted by Gasteiger charge is -2.10. The topological polar surface area (TPSA) is 38.9 Å². The van der Waals surface area contributed by atoms with Crippen molar-refractivity contribution in [3.63, 3.8) is 0 Å². The van der Waals surface area contributed by atoms with Gasteiger partial charge in [-0.05, 0) is 0 Å². The molecule has 62 valence electrons. The molecule has 1 aromatic rings. The van der Waals surface area contributed by atoms with Gasteiger partial charge in [0.15, 0.2) is 5.82 Å². The highest BCUT2D eigenvalue weighted by Crippen LogP contribution is 2.19. The van der Waals surface area contributed by atoms with Crippen LogP contribution in [-0.2, 0) is 9.84 Å². The molecule has 0 aliphatic heterocycles. The second kappa shape index (κ2) is 3.08. The Hall–Kier alpha value is -0.130. The van der Waals surface area contributed by atoms with E-state index < -0.39 is 0 Å². The average molecular weight is 266 g/mol. The van der Waals surface area contributed by atoms with Crippen LogP contribution in [0.15, 0.2) is 4.52 Å². The fraction of sp³-hybridized carbons (Fsp3) is 0.714. The van der Waals surface area contributed by atoms with Gasteiger partial charge in [0, 0.05) is 5.41 Å². The molecule has 0 bridgehead atoms. The van der Waals surface area contributed by atoms with E-state index in [0.717, 1.165) is 10.3 Å². The number of rotatable bonds is 1. The molecular weight excluding hydrogens is 255 g/mol. The van der Waals surface area contributed by atoms with Crippen molar-refractivity contribution in [1.29, 1.82) is 0 Å². The van der Waals surface area contributed by atoms with Crippen LogP contribution in [0.3, 0.4) is 0 Å². The fourth-order valence-electron chi connectivity index (χ4n) is 0.613. The summed E-state index contributed by atoms with van der Waals surface area (Å²) in [5, 5.41) is 3.81. The molecule has 0 spiro atoms. The van der Waals surface area contributed by atoms with E-state index >= 15 is 0 Å². The van der Waals surface area contributed by atoms with Gasteiger partial charge in [-0.25, -0.2) is 0 Å². The van der Waals surface area contributed by atoms with E-state index in [1.165, 1.54) is 0 Å². The SMILES string of the molecule is CC(C)(C)c1nc(CI)no1. The third kappa shape index (κ3) is 2.15. The first-order valence-corrected chi connectivity index (χ1v) is 4.95. The minimum Gasteiger partial charge on any atom is -0.339 e. The third-order valence-electron chi connectivity index (χ3n) is 1.23. The van der Waals surface area contributed by atoms with Gasteiger partial charge in [0.25, 0.3) is 0 Å². The number of hydrogen-bond donors (Lipinski definition) is 0. The van der Waals surface area contributed by atoms with Crippen LogP contribution < -0.4 is 0 Å². The summed E-state index contributed by atoms with van der Waals surface area (Å²) in [6.07, 6.45) is 0. The van der Waals surface area contributed by atoms with Crippen LogP contribution in [0.4, 0.5) is 0 Å². The Morgan fingerprint density at radius 1 is 1.45 bits per heavy atom. The quantitative estimate of drug-likeness (QED) is 0.578. The maximum atomic E-state index is 5.05. The zero-order valence-electron chi connectivity index (χ0n) is 6.89. The van der Waals surface area contributed by atoms with Gasteiger partial charge < -0.3 is 4.52 Å². The molecule has 1 heterocycles. The van der Waals surface area contributed by atoms with E-state index in [4.69, 9.17) is 4.52 Å². The third-order valence-corrected chi connectivity index (χ3v) is 1.91. The number of hydrogen-bond acceptors (Lipinski definition) is 3. The van der Waals surface area contributed by atoms with Gasteiger partial charge in [0.05, 0.1) is 4.43 Å². The van der Waals surface area contributed by atoms with Crippen LogP contribution in [0.2, 0.25) is 0 Å². The van der Waals surface area contributed by atoms with E-state index in [0.29, 0.717) is 5.89 Å². The molecule has 0 saturated carbocycles. The van der Waals surface area contributed by atoms with Gasteiger partial charge >= 0.3 is 0 Å². The second-order valence-corrected chi connectivity index (χ2v) is 4.16. The molecule has 0 amide bonds. The molecule has 0 aliphatic carbocycles. The van der Waals surface area contributed by atoms with Crippen LogP contribution in [0, 0.1) is 0 Å². The summed E-state index contributed by atoms with van der Waals surface area (Å²) >= 11 is 2.21. The van der Waals surface area contributed by atoms with Crippen molar-refractivity contribution in [1.82, 2.24) is 10.1 Å². The predicted molar refractivity (Wildman–Crippen MR) is 50.7 cm³/mol. The van der Waals surface area contributed by atoms with Crippen LogP contribution in [-0.4, -0.2) is 10.1 Å². The highest BCUT2D eigenvalue weighted by atomic mass is 127. The molecule has 0 radical (unpaired) electrons. The first kappa shape index (κ1) is 8.96. The van der Waals surface area contributed by atoms with Gasteiger partial charge in [0.1, 0.15) is 0 Å². The summed E-state index contributed by atoms with van der Waals surface area (Å²) < 4.78 is 5.86. The summed E-state index contributed by atoms with van der Waals surface area (Å²) in [6.45, 7) is 6.16. The Kier molecular flexibility index (Phi) is 2.51. The largest absolute Gasteiger partial charge is 0.339 e. The van der Waals surface area contributed by atoms with Crippen LogP contribution in [0.25, 0.3) is 0 Å². The Balaban J connectivity index is 2.89. The number of halogens is 1. The summed E-state index contributed by atoms with van der Waals surface area (Å²) in [7, 11) is 0. The molecule has 0 fully saturated rings. The van der Waals surface area contributed by atoms with Crippen LogP contribution in [0.5, 0.6) is 0 Å². The van der Waals surface area contributed by atoms with Gasteiger partial charge in [0.2, 0.25) is 5.89 Å². The molecular formula is C7H11IN2O. The molecule has 0 aliphatic rings. The Morgan fingerprint density at radius 3 is 2.36 bits per heavy atom. The molecule has 0 unspecified atom stereocenters. The zero-order chi connectivity index (χ0) is 8.48. The molecule has 11 heavy (non-hydrogen) atoms. The molecule has 0 atom stereocenters. The lowest BCUT2D eigenvalue weighted by molar-refractivity contribution is 0.319. The number of alkyl halides is 1. The summed E-state index contributed by atoms with van der Waals surface area (Å²) in [4.78, 5) is 4.21. The van der Waals surface area contributed by atoms with Gasteiger partial charge in [-0.1, -0.05) is 48.5 Å². The molecule has 0 aromatic carbocycles. The van der Waals surface area contributed by atoms with Gasteiger partial charge in [-0.2, -0.15) is 4.98 Å². The Bertz CT molecular complexity index is 239. The molecule has 0 saturated heterocycles. The maximum absolute atomic E-state index is 5.05. The molecule has 1 aromatic heterocycles. The van der Waals surface area contributed by atoms with Crippen LogP contribution >= 0.6 is 22.6 Å². The first-order chi connectivity index (χ1) is 5.04. The van der Waals surface area contributed by atoms with Crippen molar-refractivity contribution in [3.05, 3.63) is 11.7 Å². The summed E-state index contributed by atoms with van der Waals surface area (Å²) in [5.41, 5.74) is -0.0307. The first-order valence-electron chi connectivity index (χ1n) is 3.43. The number of nitrogens with zero attached hydrogens (tertiary/aromatic N) is 2. The van der Waals surface area contributed by atoms with E-state index in [1.54, 1.807) is 0 Å². The standard InChI is InChI=1S/C7H11IN2O/c1-7(2,3)6-9-5(4-8)10-11-6/h4H2,1-3H3. The fourth-order valence-corrected chi connectivity index (χ4v) is 0.923. The van der Waals surface area contributed by atoms with E-state index in [2.05, 4.69) is 53.5 Å². The highest BCUT2D eigenvalue weighted by molar-refractivity contribution is 14.1. The van der Waals surface area contributed by atoms with Crippen molar-refractivity contribution in [2.75, 3.05) is 0 Å². The zero-order valence-corrected chi connectivity index (χ0v) is 9.05.